The van der Waals surface area contributed by atoms with Crippen LogP contribution in [0.1, 0.15) is 47.0 Å². The molecule has 0 aliphatic rings. The Labute approximate surface area is 83.2 Å². The number of hydrogen-bond donors (Lipinski definition) is 0. The van der Waals surface area contributed by atoms with E-state index in [1.54, 1.807) is 0 Å². The predicted molar refractivity (Wildman–Crippen MR) is 58.9 cm³/mol. The van der Waals surface area contributed by atoms with Crippen molar-refractivity contribution in [2.24, 2.45) is 5.92 Å². The molecule has 0 aromatic rings. The van der Waals surface area contributed by atoms with E-state index in [1.807, 2.05) is 6.08 Å². The van der Waals surface area contributed by atoms with E-state index in [2.05, 4.69) is 34.3 Å². The van der Waals surface area contributed by atoms with Gasteiger partial charge >= 0.3 is 0 Å². The molecule has 2 atom stereocenters. The van der Waals surface area contributed by atoms with Crippen LogP contribution in [0.15, 0.2) is 12.7 Å². The molecule has 0 rings (SSSR count). The fraction of sp³-hybridized carbons (Fsp3) is 0.833. The van der Waals surface area contributed by atoms with Crippen molar-refractivity contribution in [3.8, 4) is 0 Å². The van der Waals surface area contributed by atoms with Crippen LogP contribution < -0.4 is 0 Å². The third-order valence-electron chi connectivity index (χ3n) is 2.77. The van der Waals surface area contributed by atoms with E-state index in [0.29, 0.717) is 6.61 Å². The normalized spacial score (nSPS) is 17.8. The Kier molecular flexibility index (Phi) is 6.06. The van der Waals surface area contributed by atoms with Crippen molar-refractivity contribution in [3.05, 3.63) is 12.7 Å². The van der Waals surface area contributed by atoms with E-state index in [4.69, 9.17) is 4.74 Å². The molecule has 0 saturated heterocycles. The summed E-state index contributed by atoms with van der Waals surface area (Å²) in [6, 6.07) is 0. The Bertz CT molecular complexity index is 142. The van der Waals surface area contributed by atoms with Crippen molar-refractivity contribution in [2.75, 3.05) is 6.61 Å². The molecule has 0 amide bonds. The summed E-state index contributed by atoms with van der Waals surface area (Å²) in [5.41, 5.74) is 0.0453. The molecule has 13 heavy (non-hydrogen) atoms. The van der Waals surface area contributed by atoms with Gasteiger partial charge < -0.3 is 4.74 Å². The van der Waals surface area contributed by atoms with Gasteiger partial charge in [-0.05, 0) is 25.7 Å². The highest BCUT2D eigenvalue weighted by Gasteiger charge is 2.24. The maximum absolute atomic E-state index is 5.78. The molecule has 78 valence electrons. The maximum atomic E-state index is 5.78. The first kappa shape index (κ1) is 12.7. The molecule has 0 bridgehead atoms. The van der Waals surface area contributed by atoms with Gasteiger partial charge in [0.05, 0.1) is 12.2 Å². The minimum atomic E-state index is 0.0453. The van der Waals surface area contributed by atoms with E-state index < -0.39 is 0 Å². The zero-order valence-electron chi connectivity index (χ0n) is 9.60. The Morgan fingerprint density at radius 3 is 2.46 bits per heavy atom. The lowest BCUT2D eigenvalue weighted by molar-refractivity contribution is -0.0355. The molecule has 0 aromatic carbocycles. The van der Waals surface area contributed by atoms with Gasteiger partial charge in [-0.1, -0.05) is 33.3 Å². The van der Waals surface area contributed by atoms with Crippen LogP contribution in [0, 0.1) is 5.92 Å². The summed E-state index contributed by atoms with van der Waals surface area (Å²) in [5.74, 6) is 0.745. The quantitative estimate of drug-likeness (QED) is 0.547. The minimum absolute atomic E-state index is 0.0453. The summed E-state index contributed by atoms with van der Waals surface area (Å²) in [7, 11) is 0. The van der Waals surface area contributed by atoms with Crippen LogP contribution in [0.5, 0.6) is 0 Å². The topological polar surface area (TPSA) is 9.23 Å². The molecule has 0 aliphatic carbocycles. The summed E-state index contributed by atoms with van der Waals surface area (Å²) >= 11 is 0. The van der Waals surface area contributed by atoms with E-state index in [0.717, 1.165) is 18.8 Å². The second-order valence-corrected chi connectivity index (χ2v) is 4.12. The molecule has 2 unspecified atom stereocenters. The van der Waals surface area contributed by atoms with Crippen molar-refractivity contribution in [1.82, 2.24) is 0 Å². The molecular formula is C12H24O. The second-order valence-electron chi connectivity index (χ2n) is 4.12. The van der Waals surface area contributed by atoms with Gasteiger partial charge in [0.15, 0.2) is 0 Å². The summed E-state index contributed by atoms with van der Waals surface area (Å²) in [6.07, 6.45) is 5.27. The van der Waals surface area contributed by atoms with Crippen molar-refractivity contribution in [2.45, 2.75) is 52.6 Å². The smallest absolute Gasteiger partial charge is 0.0658 e. The number of rotatable bonds is 7. The van der Waals surface area contributed by atoms with Gasteiger partial charge in [0, 0.05) is 0 Å². The third-order valence-corrected chi connectivity index (χ3v) is 2.77. The van der Waals surface area contributed by atoms with Crippen molar-refractivity contribution >= 4 is 0 Å². The third kappa shape index (κ3) is 5.09. The number of hydrogen-bond acceptors (Lipinski definition) is 1. The van der Waals surface area contributed by atoms with Crippen molar-refractivity contribution in [1.29, 1.82) is 0 Å². The molecule has 0 N–H and O–H groups in total. The van der Waals surface area contributed by atoms with E-state index in [9.17, 15) is 0 Å². The number of ether oxygens (including phenoxy) is 1. The highest BCUT2D eigenvalue weighted by molar-refractivity contribution is 4.78. The van der Waals surface area contributed by atoms with Crippen LogP contribution in [-0.4, -0.2) is 12.2 Å². The molecule has 0 spiro atoms. The zero-order chi connectivity index (χ0) is 10.3. The lowest BCUT2D eigenvalue weighted by Gasteiger charge is -2.30. The lowest BCUT2D eigenvalue weighted by Crippen LogP contribution is -2.30. The Morgan fingerprint density at radius 1 is 1.46 bits per heavy atom. The summed E-state index contributed by atoms with van der Waals surface area (Å²) in [5, 5.41) is 0. The summed E-state index contributed by atoms with van der Waals surface area (Å²) in [6.45, 7) is 13.2. The van der Waals surface area contributed by atoms with Gasteiger partial charge in [0.1, 0.15) is 0 Å². The Hall–Kier alpha value is -0.300. The van der Waals surface area contributed by atoms with Crippen LogP contribution >= 0.6 is 0 Å². The molecule has 0 radical (unpaired) electrons. The van der Waals surface area contributed by atoms with E-state index in [1.165, 1.54) is 6.42 Å². The Balaban J connectivity index is 4.01. The maximum Gasteiger partial charge on any atom is 0.0658 e. The molecule has 0 heterocycles. The minimum Gasteiger partial charge on any atom is -0.371 e. The first-order chi connectivity index (χ1) is 6.08. The molecular weight excluding hydrogens is 160 g/mol. The SMILES string of the molecule is C=CCOC(C)(CC)CC(C)CC. The van der Waals surface area contributed by atoms with Crippen LogP contribution in [0.3, 0.4) is 0 Å². The Morgan fingerprint density at radius 2 is 2.08 bits per heavy atom. The van der Waals surface area contributed by atoms with Crippen molar-refractivity contribution in [3.63, 3.8) is 0 Å². The predicted octanol–water partition coefficient (Wildman–Crippen LogP) is 3.79. The molecule has 1 nitrogen and oxygen atoms in total. The van der Waals surface area contributed by atoms with Gasteiger partial charge in [-0.15, -0.1) is 6.58 Å². The van der Waals surface area contributed by atoms with E-state index in [-0.39, 0.29) is 5.60 Å². The van der Waals surface area contributed by atoms with Crippen LogP contribution in [0.2, 0.25) is 0 Å². The van der Waals surface area contributed by atoms with Gasteiger partial charge in [-0.2, -0.15) is 0 Å². The first-order valence-corrected chi connectivity index (χ1v) is 5.32. The fourth-order valence-electron chi connectivity index (χ4n) is 1.45. The van der Waals surface area contributed by atoms with Gasteiger partial charge in [-0.25, -0.2) is 0 Å². The lowest BCUT2D eigenvalue weighted by atomic mass is 9.89. The summed E-state index contributed by atoms with van der Waals surface area (Å²) in [4.78, 5) is 0. The van der Waals surface area contributed by atoms with Crippen LogP contribution in [0.4, 0.5) is 0 Å². The zero-order valence-corrected chi connectivity index (χ0v) is 9.60. The largest absolute Gasteiger partial charge is 0.371 e. The molecule has 0 fully saturated rings. The second kappa shape index (κ2) is 6.20. The van der Waals surface area contributed by atoms with Gasteiger partial charge in [0.25, 0.3) is 0 Å². The van der Waals surface area contributed by atoms with Gasteiger partial charge in [-0.3, -0.25) is 0 Å². The molecule has 0 saturated carbocycles. The molecule has 0 aromatic heterocycles. The molecule has 1 heteroatoms. The van der Waals surface area contributed by atoms with E-state index >= 15 is 0 Å². The molecule has 0 aliphatic heterocycles. The van der Waals surface area contributed by atoms with Crippen molar-refractivity contribution < 1.29 is 4.74 Å². The highest BCUT2D eigenvalue weighted by atomic mass is 16.5. The monoisotopic (exact) mass is 184 g/mol. The summed E-state index contributed by atoms with van der Waals surface area (Å²) < 4.78 is 5.78. The fourth-order valence-corrected chi connectivity index (χ4v) is 1.45. The van der Waals surface area contributed by atoms with Crippen LogP contribution in [-0.2, 0) is 4.74 Å². The standard InChI is InChI=1S/C12H24O/c1-6-9-13-12(5,8-3)10-11(4)7-2/h6,11H,1,7-10H2,2-5H3. The van der Waals surface area contributed by atoms with Gasteiger partial charge in [0.2, 0.25) is 0 Å². The average molecular weight is 184 g/mol. The average Bonchev–Trinajstić information content (AvgIpc) is 2.14. The van der Waals surface area contributed by atoms with Crippen LogP contribution in [0.25, 0.3) is 0 Å². The first-order valence-electron chi connectivity index (χ1n) is 5.32. The highest BCUT2D eigenvalue weighted by Crippen LogP contribution is 2.25.